The highest BCUT2D eigenvalue weighted by molar-refractivity contribution is 5.95. The highest BCUT2D eigenvalue weighted by Crippen LogP contribution is 2.19. The Bertz CT molecular complexity index is 630. The highest BCUT2D eigenvalue weighted by Gasteiger charge is 2.11. The van der Waals surface area contributed by atoms with Crippen molar-refractivity contribution in [1.82, 2.24) is 10.3 Å². The molecule has 1 N–H and O–H groups in total. The molecule has 0 unspecified atom stereocenters. The van der Waals surface area contributed by atoms with Crippen molar-refractivity contribution >= 4 is 5.91 Å². The number of carbonyl (C=O) groups is 1. The van der Waals surface area contributed by atoms with Gasteiger partial charge >= 0.3 is 0 Å². The van der Waals surface area contributed by atoms with Crippen molar-refractivity contribution in [3.8, 4) is 11.3 Å². The minimum absolute atomic E-state index is 0.0517. The lowest BCUT2D eigenvalue weighted by Gasteiger charge is -2.10. The van der Waals surface area contributed by atoms with E-state index in [1.165, 1.54) is 5.56 Å². The molecule has 2 rings (SSSR count). The Hall–Kier alpha value is -2.16. The molecule has 0 aliphatic carbocycles. The lowest BCUT2D eigenvalue weighted by Crippen LogP contribution is -2.28. The van der Waals surface area contributed by atoms with Crippen molar-refractivity contribution in [3.63, 3.8) is 0 Å². The van der Waals surface area contributed by atoms with Crippen LogP contribution >= 0.6 is 0 Å². The molecule has 0 saturated carbocycles. The second-order valence-electron chi connectivity index (χ2n) is 5.80. The smallest absolute Gasteiger partial charge is 0.253 e. The Kier molecular flexibility index (Phi) is 4.73. The van der Waals surface area contributed by atoms with Crippen LogP contribution in [0.1, 0.15) is 35.5 Å². The average molecular weight is 282 g/mol. The zero-order valence-electron chi connectivity index (χ0n) is 13.1. The van der Waals surface area contributed by atoms with Crippen molar-refractivity contribution < 1.29 is 4.79 Å². The van der Waals surface area contributed by atoms with Gasteiger partial charge in [-0.1, -0.05) is 43.7 Å². The molecule has 0 bridgehead atoms. The summed E-state index contributed by atoms with van der Waals surface area (Å²) in [6.07, 6.45) is 0. The summed E-state index contributed by atoms with van der Waals surface area (Å²) >= 11 is 0. The van der Waals surface area contributed by atoms with Crippen LogP contribution in [0, 0.1) is 19.8 Å². The summed E-state index contributed by atoms with van der Waals surface area (Å²) in [7, 11) is 0. The summed E-state index contributed by atoms with van der Waals surface area (Å²) in [5, 5.41) is 2.93. The van der Waals surface area contributed by atoms with Crippen molar-refractivity contribution in [2.24, 2.45) is 5.92 Å². The van der Waals surface area contributed by atoms with E-state index in [2.05, 4.69) is 55.3 Å². The molecule has 0 aliphatic heterocycles. The molecule has 0 saturated heterocycles. The van der Waals surface area contributed by atoms with Crippen LogP contribution in [0.2, 0.25) is 0 Å². The summed E-state index contributed by atoms with van der Waals surface area (Å²) in [6, 6.07) is 12.0. The quantitative estimate of drug-likeness (QED) is 0.928. The third-order valence-corrected chi connectivity index (χ3v) is 3.35. The van der Waals surface area contributed by atoms with E-state index in [0.29, 0.717) is 18.0 Å². The second kappa shape index (κ2) is 6.53. The molecule has 0 fully saturated rings. The number of benzene rings is 1. The molecule has 3 heteroatoms. The third-order valence-electron chi connectivity index (χ3n) is 3.35. The van der Waals surface area contributed by atoms with Crippen LogP contribution in [0.4, 0.5) is 0 Å². The van der Waals surface area contributed by atoms with Gasteiger partial charge in [-0.25, -0.2) is 0 Å². The summed E-state index contributed by atoms with van der Waals surface area (Å²) in [4.78, 5) is 16.7. The number of rotatable bonds is 4. The van der Waals surface area contributed by atoms with Crippen LogP contribution in [0.15, 0.2) is 36.4 Å². The summed E-state index contributed by atoms with van der Waals surface area (Å²) in [6.45, 7) is 8.77. The molecular formula is C18H22N2O. The maximum Gasteiger partial charge on any atom is 0.253 e. The first-order chi connectivity index (χ1) is 9.97. The standard InChI is InChI=1S/C18H22N2O/c1-12(2)11-19-18(21)16-9-10-17(20-14(16)4)15-7-5-13(3)6-8-15/h5-10,12H,11H2,1-4H3,(H,19,21). The number of carbonyl (C=O) groups excluding carboxylic acids is 1. The summed E-state index contributed by atoms with van der Waals surface area (Å²) in [5.41, 5.74) is 4.59. The van der Waals surface area contributed by atoms with Gasteiger partial charge in [0.15, 0.2) is 0 Å². The Morgan fingerprint density at radius 1 is 1.10 bits per heavy atom. The molecule has 110 valence electrons. The van der Waals surface area contributed by atoms with Crippen LogP contribution in [0.5, 0.6) is 0 Å². The van der Waals surface area contributed by atoms with E-state index in [1.54, 1.807) is 0 Å². The van der Waals surface area contributed by atoms with Crippen LogP contribution in [-0.4, -0.2) is 17.4 Å². The van der Waals surface area contributed by atoms with Gasteiger partial charge in [-0.05, 0) is 31.9 Å². The number of pyridine rings is 1. The van der Waals surface area contributed by atoms with Crippen molar-refractivity contribution in [1.29, 1.82) is 0 Å². The molecule has 1 aromatic heterocycles. The molecule has 0 radical (unpaired) electrons. The molecule has 2 aromatic rings. The largest absolute Gasteiger partial charge is 0.352 e. The van der Waals surface area contributed by atoms with E-state index >= 15 is 0 Å². The Labute approximate surface area is 126 Å². The van der Waals surface area contributed by atoms with Gasteiger partial charge in [0.05, 0.1) is 17.0 Å². The summed E-state index contributed by atoms with van der Waals surface area (Å²) < 4.78 is 0. The minimum atomic E-state index is -0.0517. The number of amides is 1. The van der Waals surface area contributed by atoms with Crippen molar-refractivity contribution in [3.05, 3.63) is 53.2 Å². The maximum atomic E-state index is 12.1. The van der Waals surface area contributed by atoms with Gasteiger partial charge in [0, 0.05) is 12.1 Å². The molecule has 0 aliphatic rings. The molecule has 1 aromatic carbocycles. The van der Waals surface area contributed by atoms with Crippen LogP contribution in [-0.2, 0) is 0 Å². The van der Waals surface area contributed by atoms with Gasteiger partial charge < -0.3 is 5.32 Å². The number of nitrogens with one attached hydrogen (secondary N) is 1. The third kappa shape index (κ3) is 3.91. The van der Waals surface area contributed by atoms with Gasteiger partial charge in [-0.2, -0.15) is 0 Å². The first-order valence-corrected chi connectivity index (χ1v) is 7.30. The van der Waals surface area contributed by atoms with Gasteiger partial charge in [0.2, 0.25) is 0 Å². The number of aryl methyl sites for hydroxylation is 2. The van der Waals surface area contributed by atoms with Crippen LogP contribution in [0.25, 0.3) is 11.3 Å². The molecule has 1 heterocycles. The van der Waals surface area contributed by atoms with Gasteiger partial charge in [-0.3, -0.25) is 9.78 Å². The minimum Gasteiger partial charge on any atom is -0.352 e. The Morgan fingerprint density at radius 3 is 2.33 bits per heavy atom. The molecule has 0 atom stereocenters. The lowest BCUT2D eigenvalue weighted by molar-refractivity contribution is 0.0948. The van der Waals surface area contributed by atoms with Crippen molar-refractivity contribution in [2.45, 2.75) is 27.7 Å². The van der Waals surface area contributed by atoms with E-state index in [-0.39, 0.29) is 5.91 Å². The summed E-state index contributed by atoms with van der Waals surface area (Å²) in [5.74, 6) is 0.387. The number of nitrogens with zero attached hydrogens (tertiary/aromatic N) is 1. The van der Waals surface area contributed by atoms with E-state index in [0.717, 1.165) is 17.0 Å². The SMILES string of the molecule is Cc1ccc(-c2ccc(C(=O)NCC(C)C)c(C)n2)cc1. The molecular weight excluding hydrogens is 260 g/mol. The zero-order chi connectivity index (χ0) is 15.4. The van der Waals surface area contributed by atoms with Gasteiger partial charge in [0.1, 0.15) is 0 Å². The first kappa shape index (κ1) is 15.2. The number of aromatic nitrogens is 1. The maximum absolute atomic E-state index is 12.1. The van der Waals surface area contributed by atoms with E-state index in [9.17, 15) is 4.79 Å². The fourth-order valence-electron chi connectivity index (χ4n) is 2.08. The predicted octanol–water partition coefficient (Wildman–Crippen LogP) is 3.75. The normalized spacial score (nSPS) is 10.7. The number of hydrogen-bond acceptors (Lipinski definition) is 2. The first-order valence-electron chi connectivity index (χ1n) is 7.30. The molecule has 21 heavy (non-hydrogen) atoms. The van der Waals surface area contributed by atoms with Gasteiger partial charge in [-0.15, -0.1) is 0 Å². The van der Waals surface area contributed by atoms with E-state index < -0.39 is 0 Å². The fourth-order valence-corrected chi connectivity index (χ4v) is 2.08. The van der Waals surface area contributed by atoms with Gasteiger partial charge in [0.25, 0.3) is 5.91 Å². The number of hydrogen-bond donors (Lipinski definition) is 1. The Morgan fingerprint density at radius 2 is 1.76 bits per heavy atom. The van der Waals surface area contributed by atoms with Crippen molar-refractivity contribution in [2.75, 3.05) is 6.54 Å². The topological polar surface area (TPSA) is 42.0 Å². The zero-order valence-corrected chi connectivity index (χ0v) is 13.1. The van der Waals surface area contributed by atoms with Crippen LogP contribution in [0.3, 0.4) is 0 Å². The van der Waals surface area contributed by atoms with E-state index in [4.69, 9.17) is 0 Å². The molecule has 3 nitrogen and oxygen atoms in total. The lowest BCUT2D eigenvalue weighted by atomic mass is 10.1. The predicted molar refractivity (Wildman–Crippen MR) is 86.3 cm³/mol. The van der Waals surface area contributed by atoms with Crippen LogP contribution < -0.4 is 5.32 Å². The average Bonchev–Trinajstić information content (AvgIpc) is 2.45. The molecule has 0 spiro atoms. The monoisotopic (exact) mass is 282 g/mol. The Balaban J connectivity index is 2.21. The fraction of sp³-hybridized carbons (Fsp3) is 0.333. The second-order valence-corrected chi connectivity index (χ2v) is 5.80. The molecule has 1 amide bonds. The van der Waals surface area contributed by atoms with E-state index in [1.807, 2.05) is 19.1 Å². The highest BCUT2D eigenvalue weighted by atomic mass is 16.1.